The molecule has 1 atom stereocenters. The van der Waals surface area contributed by atoms with Crippen molar-refractivity contribution in [3.8, 4) is 0 Å². The second-order valence-electron chi connectivity index (χ2n) is 4.15. The van der Waals surface area contributed by atoms with Crippen molar-refractivity contribution in [3.63, 3.8) is 0 Å². The van der Waals surface area contributed by atoms with E-state index in [-0.39, 0.29) is 5.91 Å². The zero-order chi connectivity index (χ0) is 10.6. The number of carbonyl (C=O) groups is 1. The number of carbonyl (C=O) groups excluding carboxylic acids is 1. The molecule has 1 heterocycles. The lowest BCUT2D eigenvalue weighted by molar-refractivity contribution is -0.122. The molecule has 0 aliphatic carbocycles. The monoisotopic (exact) mass is 263 g/mol. The van der Waals surface area contributed by atoms with Gasteiger partial charge in [0.05, 0.1) is 10.4 Å². The predicted octanol–water partition coefficient (Wildman–Crippen LogP) is 1.85. The molecule has 1 saturated heterocycles. The van der Waals surface area contributed by atoms with E-state index in [9.17, 15) is 4.79 Å². The van der Waals surface area contributed by atoms with Crippen LogP contribution in [0, 0.1) is 0 Å². The molecule has 0 aromatic heterocycles. The first-order chi connectivity index (χ1) is 6.50. The zero-order valence-electron chi connectivity index (χ0n) is 8.81. The summed E-state index contributed by atoms with van der Waals surface area (Å²) in [5.74, 6) is 0.0375. The molecule has 0 aromatic rings. The van der Waals surface area contributed by atoms with Gasteiger partial charge >= 0.3 is 0 Å². The number of nitrogens with one attached hydrogen (secondary N) is 1. The number of alkyl halides is 1. The van der Waals surface area contributed by atoms with Gasteiger partial charge in [0.25, 0.3) is 0 Å². The molecular weight excluding hydrogens is 246 g/mol. The zero-order valence-corrected chi connectivity index (χ0v) is 10.4. The molecule has 0 saturated carbocycles. The molecule has 3 nitrogen and oxygen atoms in total. The molecule has 0 bridgehead atoms. The van der Waals surface area contributed by atoms with Crippen LogP contribution in [0.5, 0.6) is 0 Å². The Morgan fingerprint density at radius 2 is 2.36 bits per heavy atom. The molecule has 14 heavy (non-hydrogen) atoms. The molecule has 82 valence electrons. The van der Waals surface area contributed by atoms with Crippen molar-refractivity contribution in [1.29, 1.82) is 0 Å². The standard InChI is InChI=1S/C10H18BrNO2/c1-10(2,11)9(13)12-6-5-8-4-3-7-14-8/h8H,3-7H2,1-2H3,(H,12,13). The summed E-state index contributed by atoms with van der Waals surface area (Å²) in [6.45, 7) is 5.27. The number of hydrogen-bond donors (Lipinski definition) is 1. The van der Waals surface area contributed by atoms with Gasteiger partial charge in [-0.15, -0.1) is 0 Å². The van der Waals surface area contributed by atoms with Crippen molar-refractivity contribution in [2.45, 2.75) is 43.5 Å². The van der Waals surface area contributed by atoms with E-state index in [1.165, 1.54) is 0 Å². The van der Waals surface area contributed by atoms with Crippen LogP contribution in [0.3, 0.4) is 0 Å². The minimum atomic E-state index is -0.469. The van der Waals surface area contributed by atoms with Crippen LogP contribution in [0.15, 0.2) is 0 Å². The molecule has 1 unspecified atom stereocenters. The Kier molecular flexibility index (Phi) is 4.38. The average Bonchev–Trinajstić information content (AvgIpc) is 2.55. The van der Waals surface area contributed by atoms with Crippen LogP contribution in [-0.4, -0.2) is 29.5 Å². The summed E-state index contributed by atoms with van der Waals surface area (Å²) in [5, 5.41) is 2.88. The third kappa shape index (κ3) is 3.96. The molecule has 1 fully saturated rings. The second kappa shape index (κ2) is 5.12. The molecule has 0 aromatic carbocycles. The van der Waals surface area contributed by atoms with Crippen LogP contribution in [0.25, 0.3) is 0 Å². The lowest BCUT2D eigenvalue weighted by Gasteiger charge is -2.16. The van der Waals surface area contributed by atoms with E-state index in [2.05, 4.69) is 21.2 Å². The van der Waals surface area contributed by atoms with Gasteiger partial charge in [-0.2, -0.15) is 0 Å². The minimum absolute atomic E-state index is 0.0375. The van der Waals surface area contributed by atoms with E-state index >= 15 is 0 Å². The summed E-state index contributed by atoms with van der Waals surface area (Å²) in [6, 6.07) is 0. The van der Waals surface area contributed by atoms with E-state index in [0.29, 0.717) is 12.6 Å². The van der Waals surface area contributed by atoms with Gasteiger partial charge in [-0.25, -0.2) is 0 Å². The summed E-state index contributed by atoms with van der Waals surface area (Å²) >= 11 is 3.31. The van der Waals surface area contributed by atoms with E-state index in [1.54, 1.807) is 0 Å². The average molecular weight is 264 g/mol. The fourth-order valence-electron chi connectivity index (χ4n) is 1.43. The van der Waals surface area contributed by atoms with Crippen molar-refractivity contribution in [3.05, 3.63) is 0 Å². The maximum atomic E-state index is 11.4. The van der Waals surface area contributed by atoms with Gasteiger partial charge in [-0.05, 0) is 33.1 Å². The SMILES string of the molecule is CC(C)(Br)C(=O)NCCC1CCCO1. The van der Waals surface area contributed by atoms with Crippen molar-refractivity contribution >= 4 is 21.8 Å². The number of rotatable bonds is 4. The Morgan fingerprint density at radius 3 is 2.86 bits per heavy atom. The van der Waals surface area contributed by atoms with Gasteiger partial charge in [0.1, 0.15) is 0 Å². The molecule has 1 amide bonds. The van der Waals surface area contributed by atoms with Gasteiger partial charge in [0, 0.05) is 13.2 Å². The highest BCUT2D eigenvalue weighted by molar-refractivity contribution is 9.10. The quantitative estimate of drug-likeness (QED) is 0.787. The molecular formula is C10H18BrNO2. The first-order valence-corrected chi connectivity index (χ1v) is 5.88. The third-order valence-electron chi connectivity index (χ3n) is 2.32. The van der Waals surface area contributed by atoms with Crippen molar-refractivity contribution < 1.29 is 9.53 Å². The van der Waals surface area contributed by atoms with E-state index < -0.39 is 4.32 Å². The van der Waals surface area contributed by atoms with Crippen molar-refractivity contribution in [2.75, 3.05) is 13.2 Å². The third-order valence-corrected chi connectivity index (χ3v) is 2.68. The van der Waals surface area contributed by atoms with Crippen molar-refractivity contribution in [2.24, 2.45) is 0 Å². The molecule has 0 spiro atoms. The maximum absolute atomic E-state index is 11.4. The van der Waals surface area contributed by atoms with Gasteiger partial charge in [0.2, 0.25) is 5.91 Å². The maximum Gasteiger partial charge on any atom is 0.236 e. The minimum Gasteiger partial charge on any atom is -0.378 e. The molecule has 4 heteroatoms. The Labute approximate surface area is 93.7 Å². The van der Waals surface area contributed by atoms with Crippen LogP contribution < -0.4 is 5.32 Å². The largest absolute Gasteiger partial charge is 0.378 e. The summed E-state index contributed by atoms with van der Waals surface area (Å²) in [6.07, 6.45) is 3.57. The first-order valence-electron chi connectivity index (χ1n) is 5.09. The highest BCUT2D eigenvalue weighted by Gasteiger charge is 2.23. The highest BCUT2D eigenvalue weighted by atomic mass is 79.9. The Bertz CT molecular complexity index is 195. The van der Waals surface area contributed by atoms with Crippen LogP contribution in [0.4, 0.5) is 0 Å². The van der Waals surface area contributed by atoms with E-state index in [0.717, 1.165) is 25.9 Å². The predicted molar refractivity (Wildman–Crippen MR) is 59.6 cm³/mol. The number of halogens is 1. The molecule has 1 aliphatic rings. The fourth-order valence-corrected chi connectivity index (χ4v) is 1.57. The summed E-state index contributed by atoms with van der Waals surface area (Å²) in [5.41, 5.74) is 0. The molecule has 1 N–H and O–H groups in total. The number of amides is 1. The van der Waals surface area contributed by atoms with Crippen LogP contribution >= 0.6 is 15.9 Å². The smallest absolute Gasteiger partial charge is 0.236 e. The Hall–Kier alpha value is -0.0900. The molecule has 1 rings (SSSR count). The molecule has 0 radical (unpaired) electrons. The number of ether oxygens (including phenoxy) is 1. The summed E-state index contributed by atoms with van der Waals surface area (Å²) in [7, 11) is 0. The van der Waals surface area contributed by atoms with Crippen molar-refractivity contribution in [1.82, 2.24) is 5.32 Å². The highest BCUT2D eigenvalue weighted by Crippen LogP contribution is 2.16. The van der Waals surface area contributed by atoms with Gasteiger partial charge in [-0.1, -0.05) is 15.9 Å². The Morgan fingerprint density at radius 1 is 1.64 bits per heavy atom. The first kappa shape index (κ1) is 12.0. The van der Waals surface area contributed by atoms with Crippen LogP contribution in [0.1, 0.15) is 33.1 Å². The lowest BCUT2D eigenvalue weighted by atomic mass is 10.1. The topological polar surface area (TPSA) is 38.3 Å². The van der Waals surface area contributed by atoms with E-state index in [4.69, 9.17) is 4.74 Å². The lowest BCUT2D eigenvalue weighted by Crippen LogP contribution is -2.38. The van der Waals surface area contributed by atoms with E-state index in [1.807, 2.05) is 13.8 Å². The van der Waals surface area contributed by atoms with Crippen LogP contribution in [0.2, 0.25) is 0 Å². The normalized spacial score (nSPS) is 22.4. The van der Waals surface area contributed by atoms with Gasteiger partial charge < -0.3 is 10.1 Å². The Balaban J connectivity index is 2.11. The van der Waals surface area contributed by atoms with Gasteiger partial charge in [0.15, 0.2) is 0 Å². The van der Waals surface area contributed by atoms with Gasteiger partial charge in [-0.3, -0.25) is 4.79 Å². The van der Waals surface area contributed by atoms with Crippen LogP contribution in [-0.2, 0) is 9.53 Å². The fraction of sp³-hybridized carbons (Fsp3) is 0.900. The number of hydrogen-bond acceptors (Lipinski definition) is 2. The molecule has 1 aliphatic heterocycles. The summed E-state index contributed by atoms with van der Waals surface area (Å²) in [4.78, 5) is 11.4. The second-order valence-corrected chi connectivity index (χ2v) is 6.13. The summed E-state index contributed by atoms with van der Waals surface area (Å²) < 4.78 is 4.99.